The average molecular weight is 565 g/mol. The van der Waals surface area contributed by atoms with Gasteiger partial charge in [0.25, 0.3) is 0 Å². The van der Waals surface area contributed by atoms with Crippen molar-refractivity contribution < 1.29 is 0 Å². The van der Waals surface area contributed by atoms with E-state index < -0.39 is 0 Å². The molecule has 0 spiro atoms. The van der Waals surface area contributed by atoms with E-state index >= 15 is 0 Å². The zero-order chi connectivity index (χ0) is 29.0. The molecule has 2 atom stereocenters. The number of aromatic nitrogens is 1. The van der Waals surface area contributed by atoms with Crippen LogP contribution in [0.15, 0.2) is 163 Å². The van der Waals surface area contributed by atoms with Gasteiger partial charge in [-0.15, -0.1) is 0 Å². The molecule has 2 aliphatic carbocycles. The summed E-state index contributed by atoms with van der Waals surface area (Å²) in [7, 11) is 0. The first-order chi connectivity index (χ1) is 21.8. The van der Waals surface area contributed by atoms with Crippen LogP contribution >= 0.6 is 0 Å². The molecular weight excluding hydrogens is 532 g/mol. The molecule has 44 heavy (non-hydrogen) atoms. The minimum absolute atomic E-state index is 0.355. The molecule has 9 rings (SSSR count). The molecule has 0 radical (unpaired) electrons. The van der Waals surface area contributed by atoms with E-state index in [1.807, 2.05) is 0 Å². The highest BCUT2D eigenvalue weighted by molar-refractivity contribution is 6.10. The summed E-state index contributed by atoms with van der Waals surface area (Å²) in [5.41, 5.74) is 12.8. The number of allylic oxidation sites excluding steroid dienone is 6. The van der Waals surface area contributed by atoms with E-state index in [1.165, 1.54) is 66.7 Å². The smallest absolute Gasteiger partial charge is 0.0626 e. The van der Waals surface area contributed by atoms with Crippen molar-refractivity contribution >= 4 is 27.5 Å². The van der Waals surface area contributed by atoms with Gasteiger partial charge in [-0.05, 0) is 89.2 Å². The predicted octanol–water partition coefficient (Wildman–Crippen LogP) is 10.7. The largest absolute Gasteiger partial charge is 0.337 e. The van der Waals surface area contributed by atoms with Crippen LogP contribution in [0.1, 0.15) is 24.3 Å². The lowest BCUT2D eigenvalue weighted by Gasteiger charge is -2.31. The number of hydrogen-bond donors (Lipinski definition) is 0. The summed E-state index contributed by atoms with van der Waals surface area (Å²) < 4.78 is 2.37. The number of anilines is 1. The van der Waals surface area contributed by atoms with Crippen molar-refractivity contribution in [1.82, 2.24) is 4.57 Å². The van der Waals surface area contributed by atoms with Gasteiger partial charge in [-0.2, -0.15) is 0 Å². The molecule has 0 bridgehead atoms. The Balaban J connectivity index is 1.08. The van der Waals surface area contributed by atoms with Crippen LogP contribution in [0, 0.1) is 0 Å². The molecule has 2 nitrogen and oxygen atoms in total. The molecule has 2 heteroatoms. The van der Waals surface area contributed by atoms with Gasteiger partial charge in [-0.25, -0.2) is 0 Å². The zero-order valence-electron chi connectivity index (χ0n) is 24.5. The number of nitrogens with zero attached hydrogens (tertiary/aromatic N) is 2. The Bertz CT molecular complexity index is 2170. The van der Waals surface area contributed by atoms with Gasteiger partial charge in [0, 0.05) is 33.8 Å². The SMILES string of the molecule is C1=CCCC(N2c3ccc(-c4ccc(-c5ccc6c(c5)c5ccccc5n6-c5ccccc5)cc4)cc3C3C=CC=CC32)=C1. The minimum Gasteiger partial charge on any atom is -0.337 e. The molecule has 2 heterocycles. The molecule has 210 valence electrons. The van der Waals surface area contributed by atoms with E-state index in [0.29, 0.717) is 12.0 Å². The quantitative estimate of drug-likeness (QED) is 0.207. The number of hydrogen-bond acceptors (Lipinski definition) is 1. The van der Waals surface area contributed by atoms with Crippen molar-refractivity contribution in [3.05, 3.63) is 169 Å². The summed E-state index contributed by atoms with van der Waals surface area (Å²) in [6.45, 7) is 0. The Morgan fingerprint density at radius 3 is 2.09 bits per heavy atom. The summed E-state index contributed by atoms with van der Waals surface area (Å²) in [5.74, 6) is 0.380. The molecule has 1 aliphatic heterocycles. The van der Waals surface area contributed by atoms with E-state index in [0.717, 1.165) is 12.8 Å². The maximum atomic E-state index is 2.57. The fourth-order valence-corrected chi connectivity index (χ4v) is 7.51. The number of fused-ring (bicyclic) bond motifs is 6. The lowest BCUT2D eigenvalue weighted by atomic mass is 9.89. The molecule has 0 fully saturated rings. The number of rotatable bonds is 4. The second-order valence-electron chi connectivity index (χ2n) is 12.1. The van der Waals surface area contributed by atoms with Crippen molar-refractivity contribution in [3.63, 3.8) is 0 Å². The van der Waals surface area contributed by atoms with Crippen molar-refractivity contribution in [2.24, 2.45) is 0 Å². The van der Waals surface area contributed by atoms with Crippen molar-refractivity contribution in [3.8, 4) is 27.9 Å². The van der Waals surface area contributed by atoms with Gasteiger partial charge in [0.2, 0.25) is 0 Å². The van der Waals surface area contributed by atoms with Crippen molar-refractivity contribution in [2.45, 2.75) is 24.8 Å². The second kappa shape index (κ2) is 10.1. The third-order valence-corrected chi connectivity index (χ3v) is 9.59. The predicted molar refractivity (Wildman–Crippen MR) is 185 cm³/mol. The zero-order valence-corrected chi connectivity index (χ0v) is 24.5. The van der Waals surface area contributed by atoms with Crippen LogP contribution in [0.2, 0.25) is 0 Å². The van der Waals surface area contributed by atoms with Crippen molar-refractivity contribution in [2.75, 3.05) is 4.90 Å². The first-order valence-corrected chi connectivity index (χ1v) is 15.7. The molecule has 0 amide bonds. The van der Waals surface area contributed by atoms with E-state index in [1.54, 1.807) is 0 Å². The molecule has 1 aromatic heterocycles. The van der Waals surface area contributed by atoms with E-state index in [9.17, 15) is 0 Å². The van der Waals surface area contributed by atoms with Gasteiger partial charge < -0.3 is 9.47 Å². The third-order valence-electron chi connectivity index (χ3n) is 9.59. The van der Waals surface area contributed by atoms with Crippen LogP contribution < -0.4 is 4.90 Å². The third kappa shape index (κ3) is 3.95. The average Bonchev–Trinajstić information content (AvgIpc) is 3.61. The monoisotopic (exact) mass is 564 g/mol. The fraction of sp³-hybridized carbons (Fsp3) is 0.0952. The second-order valence-corrected chi connectivity index (χ2v) is 12.1. The highest BCUT2D eigenvalue weighted by Crippen LogP contribution is 2.48. The Morgan fingerprint density at radius 2 is 1.27 bits per heavy atom. The van der Waals surface area contributed by atoms with E-state index in [2.05, 4.69) is 167 Å². The highest BCUT2D eigenvalue weighted by atomic mass is 15.2. The summed E-state index contributed by atoms with van der Waals surface area (Å²) in [6, 6.07) is 42.8. The van der Waals surface area contributed by atoms with Crippen LogP contribution in [-0.4, -0.2) is 10.6 Å². The summed E-state index contributed by atoms with van der Waals surface area (Å²) in [4.78, 5) is 2.57. The fourth-order valence-electron chi connectivity index (χ4n) is 7.51. The highest BCUT2D eigenvalue weighted by Gasteiger charge is 2.38. The van der Waals surface area contributed by atoms with Crippen LogP contribution in [-0.2, 0) is 0 Å². The summed E-state index contributed by atoms with van der Waals surface area (Å²) >= 11 is 0. The van der Waals surface area contributed by atoms with Gasteiger partial charge in [0.15, 0.2) is 0 Å². The van der Waals surface area contributed by atoms with Gasteiger partial charge in [0.05, 0.1) is 17.1 Å². The van der Waals surface area contributed by atoms with Gasteiger partial charge in [-0.3, -0.25) is 0 Å². The molecule has 5 aromatic carbocycles. The van der Waals surface area contributed by atoms with Crippen LogP contribution in [0.3, 0.4) is 0 Å². The minimum atomic E-state index is 0.355. The topological polar surface area (TPSA) is 8.17 Å². The van der Waals surface area contributed by atoms with Crippen LogP contribution in [0.5, 0.6) is 0 Å². The maximum Gasteiger partial charge on any atom is 0.0626 e. The number of para-hydroxylation sites is 2. The number of benzene rings is 5. The normalized spacial score (nSPS) is 18.5. The molecule has 0 saturated carbocycles. The van der Waals surface area contributed by atoms with Crippen molar-refractivity contribution in [1.29, 1.82) is 0 Å². The summed E-state index contributed by atoms with van der Waals surface area (Å²) in [5, 5.41) is 2.56. The molecule has 6 aromatic rings. The molecular formula is C42H32N2. The Morgan fingerprint density at radius 1 is 0.568 bits per heavy atom. The molecule has 2 unspecified atom stereocenters. The maximum absolute atomic E-state index is 2.57. The van der Waals surface area contributed by atoms with E-state index in [4.69, 9.17) is 0 Å². The van der Waals surface area contributed by atoms with Crippen LogP contribution in [0.25, 0.3) is 49.7 Å². The lowest BCUT2D eigenvalue weighted by Crippen LogP contribution is -2.32. The lowest BCUT2D eigenvalue weighted by molar-refractivity contribution is 0.701. The first-order valence-electron chi connectivity index (χ1n) is 15.7. The Labute approximate surface area is 258 Å². The molecule has 3 aliphatic rings. The molecule has 0 saturated heterocycles. The van der Waals surface area contributed by atoms with Crippen LogP contribution in [0.4, 0.5) is 5.69 Å². The van der Waals surface area contributed by atoms with Gasteiger partial charge in [0.1, 0.15) is 0 Å². The Kier molecular flexibility index (Phi) is 5.80. The Hall–Kier alpha value is -5.34. The molecule has 0 N–H and O–H groups in total. The standard InChI is InChI=1S/C42H32N2/c1-3-11-33(12-4-1)43-39-17-9-7-15-35(39)37-27-31(23-25-41(37)43)29-19-21-30(22-20-29)32-24-26-42-38(28-32)36-16-8-10-18-40(36)44(42)34-13-5-2-6-14-34/h1-5,7-13,15-28,36,40H,6,14H2. The van der Waals surface area contributed by atoms with Gasteiger partial charge >= 0.3 is 0 Å². The van der Waals surface area contributed by atoms with E-state index in [-0.39, 0.29) is 0 Å². The first kappa shape index (κ1) is 25.2. The van der Waals surface area contributed by atoms with Gasteiger partial charge in [-0.1, -0.05) is 109 Å². The summed E-state index contributed by atoms with van der Waals surface area (Å²) in [6.07, 6.45) is 18.1.